The minimum absolute atomic E-state index is 0.0372. The molecule has 2 fully saturated rings. The Labute approximate surface area is 161 Å². The monoisotopic (exact) mass is 447 g/mol. The van der Waals surface area contributed by atoms with Crippen LogP contribution in [0.3, 0.4) is 0 Å². The first-order valence-corrected chi connectivity index (χ1v) is 11.6. The molecule has 0 radical (unpaired) electrons. The van der Waals surface area contributed by atoms with Crippen molar-refractivity contribution in [3.05, 3.63) is 28.5 Å². The summed E-state index contributed by atoms with van der Waals surface area (Å²) in [6.07, 6.45) is 5.56. The largest absolute Gasteiger partial charge is 0.483 e. The Kier molecular flexibility index (Phi) is 6.22. The van der Waals surface area contributed by atoms with Crippen molar-refractivity contribution in [2.24, 2.45) is 0 Å². The Balaban J connectivity index is 1.71. The van der Waals surface area contributed by atoms with Crippen molar-refractivity contribution in [3.63, 3.8) is 0 Å². The lowest BCUT2D eigenvalue weighted by Gasteiger charge is -2.38. The van der Waals surface area contributed by atoms with Crippen LogP contribution in [-0.4, -0.2) is 49.4 Å². The van der Waals surface area contributed by atoms with Gasteiger partial charge in [0.05, 0.1) is 16.0 Å². The number of ether oxygens (including phenoxy) is 1. The van der Waals surface area contributed by atoms with Crippen LogP contribution < -0.4 is 4.74 Å². The second-order valence-corrected chi connectivity index (χ2v) is 10.1. The van der Waals surface area contributed by atoms with Crippen molar-refractivity contribution in [3.8, 4) is 5.75 Å². The molecule has 144 valence electrons. The summed E-state index contributed by atoms with van der Waals surface area (Å²) in [6, 6.07) is 3.83. The molecule has 1 saturated carbocycles. The van der Waals surface area contributed by atoms with Gasteiger partial charge in [-0.1, -0.05) is 19.3 Å². The molecule has 0 N–H and O–H groups in total. The van der Waals surface area contributed by atoms with E-state index in [9.17, 15) is 17.6 Å². The smallest absolute Gasteiger partial charge is 0.261 e. The molecule has 1 aromatic rings. The summed E-state index contributed by atoms with van der Waals surface area (Å²) in [7, 11) is -3.08. The van der Waals surface area contributed by atoms with Crippen LogP contribution in [-0.2, 0) is 14.6 Å². The van der Waals surface area contributed by atoms with E-state index in [2.05, 4.69) is 15.9 Å². The fourth-order valence-electron chi connectivity index (χ4n) is 3.87. The Bertz CT molecular complexity index is 764. The second kappa shape index (κ2) is 8.25. The van der Waals surface area contributed by atoms with Gasteiger partial charge in [-0.2, -0.15) is 0 Å². The normalized spacial score (nSPS) is 22.9. The van der Waals surface area contributed by atoms with E-state index in [0.29, 0.717) is 16.6 Å². The van der Waals surface area contributed by atoms with Crippen molar-refractivity contribution in [2.75, 3.05) is 18.1 Å². The van der Waals surface area contributed by atoms with E-state index < -0.39 is 15.7 Å². The SMILES string of the molecule is O=C(COc1ccc(F)cc1Br)N(C1CCCCC1)[C@@H]1CCS(=O)(=O)C1. The molecule has 1 aliphatic heterocycles. The summed E-state index contributed by atoms with van der Waals surface area (Å²) in [4.78, 5) is 14.7. The second-order valence-electron chi connectivity index (χ2n) is 7.01. The van der Waals surface area contributed by atoms with Crippen LogP contribution in [0.5, 0.6) is 5.75 Å². The van der Waals surface area contributed by atoms with Gasteiger partial charge in [0.15, 0.2) is 16.4 Å². The lowest BCUT2D eigenvalue weighted by molar-refractivity contribution is -0.138. The van der Waals surface area contributed by atoms with E-state index in [1.165, 1.54) is 18.2 Å². The van der Waals surface area contributed by atoms with Crippen molar-refractivity contribution in [1.82, 2.24) is 4.90 Å². The average molecular weight is 448 g/mol. The van der Waals surface area contributed by atoms with E-state index in [4.69, 9.17) is 4.74 Å². The van der Waals surface area contributed by atoms with Crippen LogP contribution in [0, 0.1) is 5.82 Å². The zero-order valence-corrected chi connectivity index (χ0v) is 16.9. The molecule has 1 heterocycles. The summed E-state index contributed by atoms with van der Waals surface area (Å²) >= 11 is 3.22. The topological polar surface area (TPSA) is 63.7 Å². The van der Waals surface area contributed by atoms with Crippen LogP contribution in [0.1, 0.15) is 38.5 Å². The molecule has 26 heavy (non-hydrogen) atoms. The van der Waals surface area contributed by atoms with Gasteiger partial charge < -0.3 is 9.64 Å². The number of sulfone groups is 1. The molecular weight excluding hydrogens is 425 g/mol. The van der Waals surface area contributed by atoms with Crippen LogP contribution in [0.25, 0.3) is 0 Å². The van der Waals surface area contributed by atoms with Gasteiger partial charge in [-0.15, -0.1) is 0 Å². The summed E-state index contributed by atoms with van der Waals surface area (Å²) in [6.45, 7) is -0.183. The van der Waals surface area contributed by atoms with Gasteiger partial charge in [0, 0.05) is 12.1 Å². The van der Waals surface area contributed by atoms with Crippen molar-refractivity contribution < 1.29 is 22.3 Å². The van der Waals surface area contributed by atoms with Gasteiger partial charge in [-0.3, -0.25) is 4.79 Å². The summed E-state index contributed by atoms with van der Waals surface area (Å²) < 4.78 is 43.0. The molecule has 0 aromatic heterocycles. The van der Waals surface area contributed by atoms with Crippen LogP contribution in [0.2, 0.25) is 0 Å². The number of rotatable bonds is 5. The first kappa shape index (κ1) is 19.6. The fraction of sp³-hybridized carbons (Fsp3) is 0.611. The molecular formula is C18H23BrFNO4S. The van der Waals surface area contributed by atoms with Crippen molar-refractivity contribution in [1.29, 1.82) is 0 Å². The fourth-order valence-corrected chi connectivity index (χ4v) is 6.04. The zero-order chi connectivity index (χ0) is 18.7. The third kappa shape index (κ3) is 4.76. The third-order valence-electron chi connectivity index (χ3n) is 5.10. The highest BCUT2D eigenvalue weighted by Crippen LogP contribution is 2.29. The van der Waals surface area contributed by atoms with Gasteiger partial charge in [0.1, 0.15) is 11.6 Å². The molecule has 1 amide bonds. The van der Waals surface area contributed by atoms with E-state index in [-0.39, 0.29) is 36.1 Å². The van der Waals surface area contributed by atoms with Crippen molar-refractivity contribution >= 4 is 31.7 Å². The number of hydrogen-bond donors (Lipinski definition) is 0. The molecule has 3 rings (SSSR count). The Morgan fingerprint density at radius 2 is 1.92 bits per heavy atom. The lowest BCUT2D eigenvalue weighted by Crippen LogP contribution is -2.50. The van der Waals surface area contributed by atoms with Crippen LogP contribution in [0.4, 0.5) is 4.39 Å². The first-order valence-electron chi connectivity index (χ1n) is 8.95. The van der Waals surface area contributed by atoms with Gasteiger partial charge in [0.2, 0.25) is 0 Å². The maximum Gasteiger partial charge on any atom is 0.261 e. The van der Waals surface area contributed by atoms with E-state index >= 15 is 0 Å². The Morgan fingerprint density at radius 1 is 1.19 bits per heavy atom. The minimum Gasteiger partial charge on any atom is -0.483 e. The van der Waals surface area contributed by atoms with Gasteiger partial charge >= 0.3 is 0 Å². The lowest BCUT2D eigenvalue weighted by atomic mass is 9.93. The number of halogens is 2. The molecule has 0 bridgehead atoms. The third-order valence-corrected chi connectivity index (χ3v) is 7.47. The molecule has 5 nitrogen and oxygen atoms in total. The number of carbonyl (C=O) groups is 1. The molecule has 0 spiro atoms. The molecule has 8 heteroatoms. The van der Waals surface area contributed by atoms with Gasteiger partial charge in [-0.25, -0.2) is 12.8 Å². The molecule has 1 saturated heterocycles. The highest BCUT2D eigenvalue weighted by Gasteiger charge is 2.38. The Morgan fingerprint density at radius 3 is 2.54 bits per heavy atom. The molecule has 1 aliphatic carbocycles. The van der Waals surface area contributed by atoms with E-state index in [0.717, 1.165) is 32.1 Å². The average Bonchev–Trinajstić information content (AvgIpc) is 2.95. The number of nitrogens with zero attached hydrogens (tertiary/aromatic N) is 1. The van der Waals surface area contributed by atoms with Gasteiger partial charge in [-0.05, 0) is 53.4 Å². The first-order chi connectivity index (χ1) is 12.4. The molecule has 1 aromatic carbocycles. The van der Waals surface area contributed by atoms with Crippen molar-refractivity contribution in [2.45, 2.75) is 50.6 Å². The maximum absolute atomic E-state index is 13.2. The van der Waals surface area contributed by atoms with Crippen LogP contribution in [0.15, 0.2) is 22.7 Å². The molecule has 1 atom stereocenters. The van der Waals surface area contributed by atoms with E-state index in [1.807, 2.05) is 0 Å². The highest BCUT2D eigenvalue weighted by atomic mass is 79.9. The molecule has 2 aliphatic rings. The van der Waals surface area contributed by atoms with E-state index in [1.54, 1.807) is 4.90 Å². The number of amides is 1. The predicted molar refractivity (Wildman–Crippen MR) is 100 cm³/mol. The quantitative estimate of drug-likeness (QED) is 0.694. The maximum atomic E-state index is 13.2. The molecule has 0 unspecified atom stereocenters. The van der Waals surface area contributed by atoms with Gasteiger partial charge in [0.25, 0.3) is 5.91 Å². The minimum atomic E-state index is -3.08. The number of carbonyl (C=O) groups excluding carboxylic acids is 1. The summed E-state index contributed by atoms with van der Waals surface area (Å²) in [5.74, 6) is -0.0262. The predicted octanol–water partition coefficient (Wildman–Crippen LogP) is 3.32. The van der Waals surface area contributed by atoms with Crippen LogP contribution >= 0.6 is 15.9 Å². The number of hydrogen-bond acceptors (Lipinski definition) is 4. The Hall–Kier alpha value is -1.15. The standard InChI is InChI=1S/C18H23BrFNO4S/c19-16-10-13(20)6-7-17(16)25-11-18(22)21(14-4-2-1-3-5-14)15-8-9-26(23,24)12-15/h6-7,10,14-15H,1-5,8-9,11-12H2/t15-/m1/s1. The number of benzene rings is 1. The summed E-state index contributed by atoms with van der Waals surface area (Å²) in [5.41, 5.74) is 0. The summed E-state index contributed by atoms with van der Waals surface area (Å²) in [5, 5.41) is 0. The highest BCUT2D eigenvalue weighted by molar-refractivity contribution is 9.10. The zero-order valence-electron chi connectivity index (χ0n) is 14.5.